The lowest BCUT2D eigenvalue weighted by Gasteiger charge is -2.26. The molecule has 0 spiro atoms. The summed E-state index contributed by atoms with van der Waals surface area (Å²) in [6, 6.07) is 0. The zero-order valence-corrected chi connectivity index (χ0v) is 47.6. The van der Waals surface area contributed by atoms with Gasteiger partial charge in [-0.15, -0.1) is 0 Å². The highest BCUT2D eigenvalue weighted by Gasteiger charge is 2.54. The monoisotopic (exact) mass is 1260 g/mol. The summed E-state index contributed by atoms with van der Waals surface area (Å²) in [5, 5.41) is 24.3. The first-order valence-electron chi connectivity index (χ1n) is 24.6. The molecule has 0 aromatic carbocycles. The Kier molecular flexibility index (Phi) is 18.0. The van der Waals surface area contributed by atoms with Crippen LogP contribution in [0.25, 0.3) is 28.0 Å². The Bertz CT molecular complexity index is 3670. The average molecular weight is 1260 g/mol. The van der Waals surface area contributed by atoms with Crippen molar-refractivity contribution in [2.75, 3.05) is 52.6 Å². The number of hydrogen-bond acceptors (Lipinski definition) is 28. The van der Waals surface area contributed by atoms with Gasteiger partial charge >= 0.3 is 36.9 Å². The minimum absolute atomic E-state index is 0.0158. The van der Waals surface area contributed by atoms with Crippen LogP contribution >= 0.6 is 31.3 Å². The van der Waals surface area contributed by atoms with Gasteiger partial charge in [0, 0.05) is 46.2 Å². The van der Waals surface area contributed by atoms with Crippen LogP contribution in [0.15, 0.2) is 39.1 Å². The number of nitrogens with zero attached hydrogens (tertiary/aromatic N) is 9. The Labute approximate surface area is 465 Å². The van der Waals surface area contributed by atoms with E-state index in [0.717, 1.165) is 23.6 Å². The molecule has 3 fully saturated rings. The lowest BCUT2D eigenvalue weighted by molar-refractivity contribution is -0.746. The van der Waals surface area contributed by atoms with Gasteiger partial charge in [-0.25, -0.2) is 37.8 Å². The quantitative estimate of drug-likeness (QED) is 0.0248. The fourth-order valence-electron chi connectivity index (χ4n) is 9.87. The minimum Gasteiger partial charge on any atom is -0.397 e. The Balaban J connectivity index is 0.897. The summed E-state index contributed by atoms with van der Waals surface area (Å²) in [6.45, 7) is -1.34. The molecule has 9 heterocycles. The molecule has 1 amide bonds. The van der Waals surface area contributed by atoms with E-state index in [1.807, 2.05) is 6.92 Å². The van der Waals surface area contributed by atoms with Crippen LogP contribution in [0.2, 0.25) is 0 Å². The standard InChI is InChI=1S/C40H57N15O24P4/c1-6-16-7-8-45-31-23(22(16)41)46-13-53(31)38-30(70-5)29(77-80(61,62)71-11-19-26(57)27(58)36(75-19)54-14-47-24-32(54)48-39(42)50-34(24)59)20(76-38)12-73-82(65,66)79-83(67,68)78-81(63,64)72-10-18-17(9-21(56)44-2)28(69-4)37(74-18)55-15-52(3)25-33(55)49-40(43)51-35(25)60/h8,13-15,17-20,26-30,36-38,57-58H,6-7,9-12,41H2,1-5H3,(H10-,42,43,44,48,49,50,51,56,59,60,61,62,63,64,65,66,67,68)/p+1/t17-,18-,19-,20?,26-,27-,28-,29-,30-,36-,37-,38-/m1/s1. The zero-order chi connectivity index (χ0) is 60.2. The summed E-state index contributed by atoms with van der Waals surface area (Å²) in [7, 11) is -18.3. The molecule has 16 atom stereocenters. The molecule has 4 aliphatic heterocycles. The molecule has 5 aromatic rings. The molecule has 0 aliphatic carbocycles. The van der Waals surface area contributed by atoms with Crippen LogP contribution in [-0.2, 0) is 80.5 Å². The number of phosphoric acid groups is 4. The zero-order valence-electron chi connectivity index (χ0n) is 44.1. The van der Waals surface area contributed by atoms with Crippen molar-refractivity contribution in [2.45, 2.75) is 93.7 Å². The number of aliphatic hydroxyl groups is 2. The van der Waals surface area contributed by atoms with E-state index >= 15 is 0 Å². The molecule has 0 saturated carbocycles. The summed E-state index contributed by atoms with van der Waals surface area (Å²) >= 11 is 0. The number of aliphatic imine (C=N–C) groups is 1. The van der Waals surface area contributed by atoms with Crippen molar-refractivity contribution in [3.05, 3.63) is 51.0 Å². The van der Waals surface area contributed by atoms with Crippen LogP contribution in [0, 0.1) is 5.92 Å². The number of aliphatic hydroxyl groups excluding tert-OH is 2. The second kappa shape index (κ2) is 24.1. The van der Waals surface area contributed by atoms with Crippen molar-refractivity contribution in [3.63, 3.8) is 0 Å². The van der Waals surface area contributed by atoms with E-state index in [0.29, 0.717) is 12.8 Å². The number of rotatable bonds is 23. The number of nitrogens with one attached hydrogen (secondary N) is 3. The fourth-order valence-corrected chi connectivity index (χ4v) is 14.4. The second-order valence-corrected chi connectivity index (χ2v) is 24.9. The molecule has 83 heavy (non-hydrogen) atoms. The maximum absolute atomic E-state index is 13.9. The molecule has 0 bridgehead atoms. The topological polar surface area (TPSA) is 547 Å². The summed E-state index contributed by atoms with van der Waals surface area (Å²) in [6.07, 6.45) is -11.3. The number of aromatic nitrogens is 10. The van der Waals surface area contributed by atoms with Crippen LogP contribution in [0.1, 0.15) is 50.6 Å². The lowest BCUT2D eigenvalue weighted by Crippen LogP contribution is -2.46. The van der Waals surface area contributed by atoms with Crippen LogP contribution < -0.4 is 38.2 Å². The van der Waals surface area contributed by atoms with Crippen LogP contribution in [0.5, 0.6) is 0 Å². The van der Waals surface area contributed by atoms with E-state index in [9.17, 15) is 62.4 Å². The number of carbonyl (C=O) groups is 1. The third-order valence-electron chi connectivity index (χ3n) is 13.7. The second-order valence-electron chi connectivity index (χ2n) is 18.9. The largest absolute Gasteiger partial charge is 0.490 e. The molecule has 4 aliphatic rings. The molecule has 43 heteroatoms. The van der Waals surface area contributed by atoms with E-state index < -0.39 is 142 Å². The van der Waals surface area contributed by atoms with E-state index in [2.05, 4.69) is 48.8 Å². The van der Waals surface area contributed by atoms with Crippen LogP contribution in [-0.4, -0.2) is 175 Å². The molecule has 456 valence electrons. The van der Waals surface area contributed by atoms with E-state index in [1.54, 1.807) is 0 Å². The number of aromatic amines is 2. The van der Waals surface area contributed by atoms with Crippen molar-refractivity contribution in [1.82, 2.24) is 48.9 Å². The number of ether oxygens (including phenoxy) is 5. The molecular weight excluding hydrogens is 1200 g/mol. The highest BCUT2D eigenvalue weighted by Crippen LogP contribution is 2.68. The first kappa shape index (κ1) is 62.0. The Hall–Kier alpha value is -5.57. The number of fused-ring (bicyclic) bond motifs is 3. The van der Waals surface area contributed by atoms with Gasteiger partial charge in [0.2, 0.25) is 23.6 Å². The predicted molar refractivity (Wildman–Crippen MR) is 277 cm³/mol. The average Bonchev–Trinajstić information content (AvgIpc) is 3.14. The van der Waals surface area contributed by atoms with E-state index in [-0.39, 0.29) is 57.9 Å². The highest BCUT2D eigenvalue weighted by molar-refractivity contribution is 7.66. The van der Waals surface area contributed by atoms with Gasteiger partial charge in [-0.2, -0.15) is 13.6 Å². The number of amides is 1. The number of aryl methyl sites for hydroxylation is 1. The smallest absolute Gasteiger partial charge is 0.397 e. The lowest BCUT2D eigenvalue weighted by atomic mass is 9.94. The maximum Gasteiger partial charge on any atom is 0.490 e. The molecule has 39 nitrogen and oxygen atoms in total. The number of allylic oxidation sites excluding steroid dienone is 1. The Morgan fingerprint density at radius 2 is 1.41 bits per heavy atom. The normalized spacial score (nSPS) is 29.4. The third kappa shape index (κ3) is 12.9. The van der Waals surface area contributed by atoms with Gasteiger partial charge in [0.25, 0.3) is 17.1 Å². The van der Waals surface area contributed by atoms with Gasteiger partial charge in [0.05, 0.1) is 51.3 Å². The molecule has 0 radical (unpaired) electrons. The van der Waals surface area contributed by atoms with Crippen molar-refractivity contribution in [1.29, 1.82) is 0 Å². The van der Waals surface area contributed by atoms with Gasteiger partial charge in [-0.3, -0.25) is 56.1 Å². The number of nitrogen functional groups attached to an aromatic ring is 2. The SMILES string of the molecule is CCC1=C(N)c2ncn([C@@H]3OC(COP(=O)(O)OP(=O)(O)OP(=O)(O)OC[C@H]4O[C@@H]([n+]5cn(C)c6c(=O)[nH]c(N)nc65)[C@H](OC)[C@@H]4CC(=O)NC)[C@@H](OP(=O)(O)OC[C@H]4O[C@@H](n5cnc6c(=O)[nH]c(N)nc65)[C@H](O)[C@@H]4O)[C@H]3OC)c2N=CC1. The molecule has 5 aromatic heterocycles. The van der Waals surface area contributed by atoms with Gasteiger partial charge in [0.1, 0.15) is 48.4 Å². The van der Waals surface area contributed by atoms with E-state index in [1.165, 1.54) is 53.8 Å². The summed E-state index contributed by atoms with van der Waals surface area (Å²) in [5.41, 5.74) is 17.6. The van der Waals surface area contributed by atoms with Crippen molar-refractivity contribution in [2.24, 2.45) is 23.7 Å². The molecule has 15 N–H and O–H groups in total. The number of methoxy groups -OCH3 is 2. The molecule has 9 rings (SSSR count). The third-order valence-corrected chi connectivity index (χ3v) is 18.9. The number of nitrogens with two attached hydrogens (primary N) is 3. The fraction of sp³-hybridized carbons (Fsp3) is 0.575. The summed E-state index contributed by atoms with van der Waals surface area (Å²) < 4.78 is 118. The van der Waals surface area contributed by atoms with Gasteiger partial charge in [0.15, 0.2) is 35.8 Å². The van der Waals surface area contributed by atoms with Crippen LogP contribution in [0.3, 0.4) is 0 Å². The minimum atomic E-state index is -6.22. The number of anilines is 2. The van der Waals surface area contributed by atoms with E-state index in [4.69, 9.17) is 59.0 Å². The number of imidazole rings is 3. The molecule has 3 saturated heterocycles. The maximum atomic E-state index is 13.9. The molecular formula is C40H58N15O24P4+. The number of hydrogen-bond donors (Lipinski definition) is 12. The Morgan fingerprint density at radius 1 is 0.795 bits per heavy atom. The summed E-state index contributed by atoms with van der Waals surface area (Å²) in [5.74, 6) is -2.02. The van der Waals surface area contributed by atoms with Gasteiger partial charge in [-0.05, 0) is 12.0 Å². The first-order valence-corrected chi connectivity index (χ1v) is 30.6. The van der Waals surface area contributed by atoms with Gasteiger partial charge in [-0.1, -0.05) is 11.9 Å². The van der Waals surface area contributed by atoms with Crippen molar-refractivity contribution >= 4 is 89.2 Å². The van der Waals surface area contributed by atoms with Crippen molar-refractivity contribution in [3.8, 4) is 0 Å². The highest BCUT2D eigenvalue weighted by atomic mass is 31.3. The molecule has 5 unspecified atom stereocenters. The number of H-pyrrole nitrogens is 2. The Morgan fingerprint density at radius 3 is 2.07 bits per heavy atom. The predicted octanol–water partition coefficient (Wildman–Crippen LogP) is -2.00. The number of phosphoric ester groups is 3. The summed E-state index contributed by atoms with van der Waals surface area (Å²) in [4.78, 5) is 107. The first-order chi connectivity index (χ1) is 39.1. The van der Waals surface area contributed by atoms with Gasteiger partial charge < -0.3 is 76.0 Å². The van der Waals surface area contributed by atoms with Crippen LogP contribution in [0.4, 0.5) is 17.7 Å². The number of carbonyl (C=O) groups excluding carboxylic acids is 1. The van der Waals surface area contributed by atoms with Crippen molar-refractivity contribution < 1.29 is 108 Å².